The number of hydrogen-bond acceptors (Lipinski definition) is 3. The van der Waals surface area contributed by atoms with Crippen LogP contribution in [0.2, 0.25) is 0 Å². The molecule has 0 bridgehead atoms. The van der Waals surface area contributed by atoms with E-state index in [4.69, 9.17) is 9.47 Å². The summed E-state index contributed by atoms with van der Waals surface area (Å²) in [4.78, 5) is 0. The van der Waals surface area contributed by atoms with Crippen LogP contribution in [0.5, 0.6) is 5.75 Å². The van der Waals surface area contributed by atoms with E-state index < -0.39 is 58.4 Å². The number of ether oxygens (including phenoxy) is 3. The van der Waals surface area contributed by atoms with E-state index >= 15 is 0 Å². The molecule has 0 spiro atoms. The molecule has 1 saturated heterocycles. The zero-order valence-corrected chi connectivity index (χ0v) is 15.9. The first-order valence-electron chi connectivity index (χ1n) is 9.18. The summed E-state index contributed by atoms with van der Waals surface area (Å²) in [6.07, 6.45) is -2.66. The Morgan fingerprint density at radius 2 is 1.58 bits per heavy atom. The molecule has 0 aliphatic carbocycles. The topological polar surface area (TPSA) is 27.7 Å². The van der Waals surface area contributed by atoms with Gasteiger partial charge in [-0.1, -0.05) is 12.1 Å². The average Bonchev–Trinajstić information content (AvgIpc) is 2.72. The Labute approximate surface area is 173 Å². The van der Waals surface area contributed by atoms with Crippen molar-refractivity contribution in [3.05, 3.63) is 77.1 Å². The van der Waals surface area contributed by atoms with Gasteiger partial charge in [-0.25, -0.2) is 22.0 Å². The van der Waals surface area contributed by atoms with Gasteiger partial charge < -0.3 is 14.2 Å². The number of alkyl halides is 2. The maximum Gasteiger partial charge on any atom is 0.429 e. The van der Waals surface area contributed by atoms with Crippen LogP contribution in [0.3, 0.4) is 0 Å². The predicted molar refractivity (Wildman–Crippen MR) is 94.8 cm³/mol. The van der Waals surface area contributed by atoms with E-state index in [-0.39, 0.29) is 31.3 Å². The molecule has 168 valence electrons. The predicted octanol–water partition coefficient (Wildman–Crippen LogP) is 6.14. The van der Waals surface area contributed by atoms with Gasteiger partial charge in [-0.05, 0) is 18.9 Å². The van der Waals surface area contributed by atoms with Gasteiger partial charge in [0.05, 0.1) is 13.2 Å². The molecule has 1 aliphatic heterocycles. The van der Waals surface area contributed by atoms with Gasteiger partial charge in [0.2, 0.25) is 0 Å². The molecule has 0 unspecified atom stereocenters. The summed E-state index contributed by atoms with van der Waals surface area (Å²) >= 11 is 0. The lowest BCUT2D eigenvalue weighted by Gasteiger charge is -2.30. The molecule has 0 amide bonds. The Hall–Kier alpha value is -2.59. The Morgan fingerprint density at radius 3 is 2.16 bits per heavy atom. The quantitative estimate of drug-likeness (QED) is 0.288. The van der Waals surface area contributed by atoms with Crippen LogP contribution < -0.4 is 4.74 Å². The molecule has 1 fully saturated rings. The van der Waals surface area contributed by atoms with Gasteiger partial charge >= 0.3 is 6.11 Å². The van der Waals surface area contributed by atoms with Gasteiger partial charge in [-0.3, -0.25) is 0 Å². The van der Waals surface area contributed by atoms with Crippen LogP contribution in [0.15, 0.2) is 36.9 Å². The van der Waals surface area contributed by atoms with Gasteiger partial charge in [-0.2, -0.15) is 8.78 Å². The highest BCUT2D eigenvalue weighted by Crippen LogP contribution is 2.37. The molecule has 1 aliphatic rings. The minimum Gasteiger partial charge on any atom is -0.429 e. The van der Waals surface area contributed by atoms with Crippen molar-refractivity contribution in [1.82, 2.24) is 0 Å². The lowest BCUT2D eigenvalue weighted by molar-refractivity contribution is -0.207. The Kier molecular flexibility index (Phi) is 6.90. The molecule has 1 heterocycles. The second-order valence-corrected chi connectivity index (χ2v) is 6.88. The first-order valence-corrected chi connectivity index (χ1v) is 9.18. The zero-order chi connectivity index (χ0) is 22.8. The normalized spacial score (nSPS) is 19.3. The van der Waals surface area contributed by atoms with Gasteiger partial charge in [0.25, 0.3) is 0 Å². The van der Waals surface area contributed by atoms with E-state index in [9.17, 15) is 30.7 Å². The standard InChI is InChI=1S/C21H17F7O3/c1-2-3-4-11-9-29-20(30-10-11)13-5-6-14(18(25)17(13)24)21(27,28)31-12-7-15(22)19(26)16(23)8-12/h2,5-8,11,20H,1,3-4,9-10H2. The fraction of sp³-hybridized carbons (Fsp3) is 0.333. The molecule has 2 aromatic carbocycles. The van der Waals surface area contributed by atoms with E-state index in [1.165, 1.54) is 0 Å². The second-order valence-electron chi connectivity index (χ2n) is 6.88. The molecule has 0 atom stereocenters. The van der Waals surface area contributed by atoms with E-state index in [2.05, 4.69) is 11.3 Å². The van der Waals surface area contributed by atoms with Crippen LogP contribution in [0, 0.1) is 35.0 Å². The number of halogens is 7. The molecule has 10 heteroatoms. The maximum absolute atomic E-state index is 14.5. The molecule has 0 saturated carbocycles. The summed E-state index contributed by atoms with van der Waals surface area (Å²) in [5.41, 5.74) is -1.96. The van der Waals surface area contributed by atoms with Gasteiger partial charge in [0, 0.05) is 23.6 Å². The molecule has 0 aromatic heterocycles. The van der Waals surface area contributed by atoms with Gasteiger partial charge in [0.15, 0.2) is 35.4 Å². The Morgan fingerprint density at radius 1 is 0.968 bits per heavy atom. The molecule has 3 rings (SSSR count). The number of hydrogen-bond donors (Lipinski definition) is 0. The van der Waals surface area contributed by atoms with Crippen molar-refractivity contribution in [2.24, 2.45) is 5.92 Å². The molecule has 31 heavy (non-hydrogen) atoms. The summed E-state index contributed by atoms with van der Waals surface area (Å²) in [5, 5.41) is 0. The lowest BCUT2D eigenvalue weighted by atomic mass is 10.0. The molecular formula is C21H17F7O3. The fourth-order valence-electron chi connectivity index (χ4n) is 3.01. The highest BCUT2D eigenvalue weighted by atomic mass is 19.3. The van der Waals surface area contributed by atoms with Crippen LogP contribution in [-0.4, -0.2) is 13.2 Å². The van der Waals surface area contributed by atoms with Crippen LogP contribution >= 0.6 is 0 Å². The number of benzene rings is 2. The van der Waals surface area contributed by atoms with Crippen LogP contribution in [-0.2, 0) is 15.6 Å². The van der Waals surface area contributed by atoms with Gasteiger partial charge in [-0.15, -0.1) is 6.58 Å². The van der Waals surface area contributed by atoms with Crippen molar-refractivity contribution in [3.63, 3.8) is 0 Å². The summed E-state index contributed by atoms with van der Waals surface area (Å²) in [6.45, 7) is 3.99. The summed E-state index contributed by atoms with van der Waals surface area (Å²) < 4.78 is 112. The van der Waals surface area contributed by atoms with E-state index in [1.807, 2.05) is 0 Å². The first kappa shape index (κ1) is 23.1. The Bertz CT molecular complexity index is 933. The van der Waals surface area contributed by atoms with Crippen molar-refractivity contribution < 1.29 is 44.9 Å². The van der Waals surface area contributed by atoms with Crippen molar-refractivity contribution in [1.29, 1.82) is 0 Å². The van der Waals surface area contributed by atoms with Crippen LogP contribution in [0.4, 0.5) is 30.7 Å². The maximum atomic E-state index is 14.5. The third-order valence-electron chi connectivity index (χ3n) is 4.63. The first-order chi connectivity index (χ1) is 14.6. The number of allylic oxidation sites excluding steroid dienone is 1. The van der Waals surface area contributed by atoms with Crippen LogP contribution in [0.1, 0.15) is 30.3 Å². The summed E-state index contributed by atoms with van der Waals surface area (Å²) in [7, 11) is 0. The molecule has 3 nitrogen and oxygen atoms in total. The summed E-state index contributed by atoms with van der Waals surface area (Å²) in [6, 6.07) is 1.69. The third kappa shape index (κ3) is 5.01. The monoisotopic (exact) mass is 450 g/mol. The Balaban J connectivity index is 1.79. The van der Waals surface area contributed by atoms with E-state index in [0.717, 1.165) is 18.9 Å². The van der Waals surface area contributed by atoms with Crippen LogP contribution in [0.25, 0.3) is 0 Å². The minimum atomic E-state index is -4.52. The third-order valence-corrected chi connectivity index (χ3v) is 4.63. The van der Waals surface area contributed by atoms with Crippen molar-refractivity contribution in [2.75, 3.05) is 13.2 Å². The number of rotatable bonds is 7. The molecule has 0 radical (unpaired) electrons. The zero-order valence-electron chi connectivity index (χ0n) is 15.9. The average molecular weight is 450 g/mol. The van der Waals surface area contributed by atoms with E-state index in [0.29, 0.717) is 6.07 Å². The highest BCUT2D eigenvalue weighted by molar-refractivity contribution is 5.31. The van der Waals surface area contributed by atoms with Crippen molar-refractivity contribution in [3.8, 4) is 5.75 Å². The fourth-order valence-corrected chi connectivity index (χ4v) is 3.01. The smallest absolute Gasteiger partial charge is 0.429 e. The lowest BCUT2D eigenvalue weighted by Crippen LogP contribution is -2.28. The van der Waals surface area contributed by atoms with Crippen molar-refractivity contribution >= 4 is 0 Å². The molecule has 2 aromatic rings. The second kappa shape index (κ2) is 9.27. The highest BCUT2D eigenvalue weighted by Gasteiger charge is 2.40. The van der Waals surface area contributed by atoms with E-state index in [1.54, 1.807) is 6.08 Å². The van der Waals surface area contributed by atoms with Crippen molar-refractivity contribution in [2.45, 2.75) is 25.2 Å². The summed E-state index contributed by atoms with van der Waals surface area (Å²) in [5.74, 6) is -10.2. The minimum absolute atomic E-state index is 0.0238. The largest absolute Gasteiger partial charge is 0.429 e. The molecule has 0 N–H and O–H groups in total. The molecular weight excluding hydrogens is 433 g/mol. The van der Waals surface area contributed by atoms with Gasteiger partial charge in [0.1, 0.15) is 11.3 Å². The SMILES string of the molecule is C=CCCC1COC(c2ccc(C(F)(F)Oc3cc(F)c(F)c(F)c3)c(F)c2F)OC1.